The van der Waals surface area contributed by atoms with Gasteiger partial charge in [-0.15, -0.1) is 0 Å². The molecule has 0 radical (unpaired) electrons. The third-order valence-corrected chi connectivity index (χ3v) is 4.00. The summed E-state index contributed by atoms with van der Waals surface area (Å²) < 4.78 is 0. The predicted molar refractivity (Wildman–Crippen MR) is 84.3 cm³/mol. The summed E-state index contributed by atoms with van der Waals surface area (Å²) in [4.78, 5) is 13.4. The van der Waals surface area contributed by atoms with Crippen molar-refractivity contribution in [3.05, 3.63) is 35.9 Å². The Hall–Kier alpha value is -1.62. The lowest BCUT2D eigenvalue weighted by Gasteiger charge is -2.35. The number of nitrogens with zero attached hydrogens (tertiary/aromatic N) is 1. The molecule has 20 heavy (non-hydrogen) atoms. The average molecular weight is 291 g/mol. The molecule has 5 heteroatoms. The van der Waals surface area contributed by atoms with Crippen LogP contribution in [0.5, 0.6) is 0 Å². The molecule has 1 heterocycles. The summed E-state index contributed by atoms with van der Waals surface area (Å²) >= 11 is 5.39. The summed E-state index contributed by atoms with van der Waals surface area (Å²) in [5, 5.41) is 3.88. The number of piperidine rings is 1. The van der Waals surface area contributed by atoms with Gasteiger partial charge in [-0.2, -0.15) is 0 Å². The van der Waals surface area contributed by atoms with Gasteiger partial charge in [-0.1, -0.05) is 30.3 Å². The van der Waals surface area contributed by atoms with E-state index in [2.05, 4.69) is 17.4 Å². The Morgan fingerprint density at radius 2 is 2.10 bits per heavy atom. The molecular formula is C15H21N3OS. The molecule has 0 saturated carbocycles. The van der Waals surface area contributed by atoms with Crippen molar-refractivity contribution >= 4 is 23.2 Å². The summed E-state index contributed by atoms with van der Waals surface area (Å²) in [6.45, 7) is 1.58. The van der Waals surface area contributed by atoms with E-state index in [1.165, 1.54) is 5.56 Å². The number of primary amides is 1. The second-order valence-corrected chi connectivity index (χ2v) is 5.46. The van der Waals surface area contributed by atoms with Crippen molar-refractivity contribution in [1.29, 1.82) is 0 Å². The monoisotopic (exact) mass is 291 g/mol. The second kappa shape index (κ2) is 7.24. The van der Waals surface area contributed by atoms with Gasteiger partial charge in [0, 0.05) is 13.1 Å². The standard InChI is InChI=1S/C15H21N3OS/c16-14(19)13-8-4-5-11-18(13)15(20)17-10-9-12-6-2-1-3-7-12/h1-3,6-7,13H,4-5,8-11H2,(H2,16,19)(H,17,20)/t13-/m0/s1. The van der Waals surface area contributed by atoms with Gasteiger partial charge in [0.05, 0.1) is 0 Å². The molecule has 2 rings (SSSR count). The van der Waals surface area contributed by atoms with Gasteiger partial charge < -0.3 is 16.0 Å². The van der Waals surface area contributed by atoms with E-state index in [1.54, 1.807) is 0 Å². The van der Waals surface area contributed by atoms with Crippen LogP contribution in [0, 0.1) is 0 Å². The van der Waals surface area contributed by atoms with E-state index in [0.29, 0.717) is 5.11 Å². The number of nitrogens with one attached hydrogen (secondary N) is 1. The molecule has 1 fully saturated rings. The summed E-state index contributed by atoms with van der Waals surface area (Å²) in [5.41, 5.74) is 6.72. The van der Waals surface area contributed by atoms with Gasteiger partial charge in [0.25, 0.3) is 0 Å². The van der Waals surface area contributed by atoms with Crippen LogP contribution in [0.25, 0.3) is 0 Å². The Balaban J connectivity index is 1.83. The molecule has 1 atom stereocenters. The van der Waals surface area contributed by atoms with Gasteiger partial charge >= 0.3 is 0 Å². The van der Waals surface area contributed by atoms with Crippen LogP contribution >= 0.6 is 12.2 Å². The Morgan fingerprint density at radius 3 is 2.80 bits per heavy atom. The topological polar surface area (TPSA) is 58.4 Å². The molecule has 1 aromatic carbocycles. The van der Waals surface area contributed by atoms with Gasteiger partial charge in [0.2, 0.25) is 5.91 Å². The zero-order chi connectivity index (χ0) is 14.4. The summed E-state index contributed by atoms with van der Waals surface area (Å²) in [6.07, 6.45) is 3.81. The van der Waals surface area contributed by atoms with Gasteiger partial charge in [-0.05, 0) is 43.5 Å². The highest BCUT2D eigenvalue weighted by molar-refractivity contribution is 7.80. The van der Waals surface area contributed by atoms with Crippen LogP contribution in [-0.4, -0.2) is 35.1 Å². The fourth-order valence-corrected chi connectivity index (χ4v) is 2.85. The number of rotatable bonds is 4. The summed E-state index contributed by atoms with van der Waals surface area (Å²) in [6, 6.07) is 10.0. The highest BCUT2D eigenvalue weighted by atomic mass is 32.1. The highest BCUT2D eigenvalue weighted by Crippen LogP contribution is 2.16. The minimum atomic E-state index is -0.281. The van der Waals surface area contributed by atoms with Crippen LogP contribution in [0.1, 0.15) is 24.8 Å². The Kier molecular flexibility index (Phi) is 5.35. The van der Waals surface area contributed by atoms with Crippen LogP contribution in [0.2, 0.25) is 0 Å². The first-order valence-electron chi connectivity index (χ1n) is 7.06. The van der Waals surface area contributed by atoms with Crippen LogP contribution in [-0.2, 0) is 11.2 Å². The lowest BCUT2D eigenvalue weighted by molar-refractivity contribution is -0.122. The maximum absolute atomic E-state index is 11.5. The van der Waals surface area contributed by atoms with Crippen molar-refractivity contribution in [3.63, 3.8) is 0 Å². The maximum atomic E-state index is 11.5. The number of carbonyl (C=O) groups excluding carboxylic acids is 1. The van der Waals surface area contributed by atoms with E-state index in [0.717, 1.165) is 38.8 Å². The van der Waals surface area contributed by atoms with Gasteiger partial charge in [0.1, 0.15) is 6.04 Å². The Morgan fingerprint density at radius 1 is 1.35 bits per heavy atom. The number of carbonyl (C=O) groups is 1. The minimum Gasteiger partial charge on any atom is -0.368 e. The minimum absolute atomic E-state index is 0.250. The van der Waals surface area contributed by atoms with Crippen molar-refractivity contribution in [3.8, 4) is 0 Å². The number of benzene rings is 1. The number of likely N-dealkylation sites (tertiary alicyclic amines) is 1. The van der Waals surface area contributed by atoms with E-state index < -0.39 is 0 Å². The highest BCUT2D eigenvalue weighted by Gasteiger charge is 2.28. The second-order valence-electron chi connectivity index (χ2n) is 5.07. The molecule has 1 aliphatic rings. The molecule has 1 aliphatic heterocycles. The zero-order valence-corrected chi connectivity index (χ0v) is 12.4. The molecule has 1 amide bonds. The quantitative estimate of drug-likeness (QED) is 0.824. The fourth-order valence-electron chi connectivity index (χ4n) is 2.53. The molecular weight excluding hydrogens is 270 g/mol. The average Bonchev–Trinajstić information content (AvgIpc) is 2.48. The third-order valence-electron chi connectivity index (χ3n) is 3.62. The SMILES string of the molecule is NC(=O)[C@@H]1CCCCN1C(=S)NCCc1ccccc1. The number of hydrogen-bond donors (Lipinski definition) is 2. The van der Waals surface area contributed by atoms with Crippen molar-refractivity contribution in [2.75, 3.05) is 13.1 Å². The molecule has 0 aliphatic carbocycles. The first-order valence-corrected chi connectivity index (χ1v) is 7.47. The normalized spacial score (nSPS) is 18.6. The van der Waals surface area contributed by atoms with E-state index in [4.69, 9.17) is 18.0 Å². The Labute approximate surface area is 125 Å². The van der Waals surface area contributed by atoms with Crippen molar-refractivity contribution in [2.24, 2.45) is 5.73 Å². The smallest absolute Gasteiger partial charge is 0.240 e. The molecule has 3 N–H and O–H groups in total. The van der Waals surface area contributed by atoms with Gasteiger partial charge in [-0.3, -0.25) is 4.79 Å². The predicted octanol–water partition coefficient (Wildman–Crippen LogP) is 1.44. The first kappa shape index (κ1) is 14.8. The summed E-state index contributed by atoms with van der Waals surface area (Å²) in [5.74, 6) is -0.281. The molecule has 1 aromatic rings. The first-order chi connectivity index (χ1) is 9.68. The zero-order valence-electron chi connectivity index (χ0n) is 11.5. The number of amides is 1. The van der Waals surface area contributed by atoms with E-state index in [1.807, 2.05) is 23.1 Å². The molecule has 0 aromatic heterocycles. The maximum Gasteiger partial charge on any atom is 0.240 e. The molecule has 4 nitrogen and oxygen atoms in total. The van der Waals surface area contributed by atoms with E-state index in [9.17, 15) is 4.79 Å². The van der Waals surface area contributed by atoms with Crippen molar-refractivity contribution in [2.45, 2.75) is 31.7 Å². The van der Waals surface area contributed by atoms with Crippen LogP contribution in [0.4, 0.5) is 0 Å². The summed E-state index contributed by atoms with van der Waals surface area (Å²) in [7, 11) is 0. The lowest BCUT2D eigenvalue weighted by atomic mass is 10.0. The fraction of sp³-hybridized carbons (Fsp3) is 0.467. The Bertz CT molecular complexity index is 463. The molecule has 0 unspecified atom stereocenters. The van der Waals surface area contributed by atoms with Gasteiger partial charge in [-0.25, -0.2) is 0 Å². The number of thiocarbonyl (C=S) groups is 1. The lowest BCUT2D eigenvalue weighted by Crippen LogP contribution is -2.53. The molecule has 0 spiro atoms. The van der Waals surface area contributed by atoms with Gasteiger partial charge in [0.15, 0.2) is 5.11 Å². The van der Waals surface area contributed by atoms with Crippen LogP contribution in [0.15, 0.2) is 30.3 Å². The van der Waals surface area contributed by atoms with Crippen LogP contribution in [0.3, 0.4) is 0 Å². The van der Waals surface area contributed by atoms with E-state index in [-0.39, 0.29) is 11.9 Å². The third kappa shape index (κ3) is 3.93. The van der Waals surface area contributed by atoms with Crippen molar-refractivity contribution < 1.29 is 4.79 Å². The molecule has 0 bridgehead atoms. The van der Waals surface area contributed by atoms with Crippen LogP contribution < -0.4 is 11.1 Å². The molecule has 1 saturated heterocycles. The molecule has 108 valence electrons. The largest absolute Gasteiger partial charge is 0.368 e. The number of hydrogen-bond acceptors (Lipinski definition) is 2. The van der Waals surface area contributed by atoms with E-state index >= 15 is 0 Å². The number of nitrogens with two attached hydrogens (primary N) is 1. The van der Waals surface area contributed by atoms with Crippen molar-refractivity contribution in [1.82, 2.24) is 10.2 Å².